The molecule has 0 aromatic heterocycles. The number of benzene rings is 3. The van der Waals surface area contributed by atoms with Gasteiger partial charge in [-0.05, 0) is 53.4 Å². The lowest BCUT2D eigenvalue weighted by Gasteiger charge is -2.21. The topological polar surface area (TPSA) is 49.4 Å². The van der Waals surface area contributed by atoms with Crippen LogP contribution in [0.15, 0.2) is 54.6 Å². The Hall–Kier alpha value is -2.85. The van der Waals surface area contributed by atoms with Crippen LogP contribution < -0.4 is 5.32 Å². The maximum atomic E-state index is 12.9. The van der Waals surface area contributed by atoms with Gasteiger partial charge in [0, 0.05) is 42.2 Å². The quantitative estimate of drug-likeness (QED) is 0.675. The number of rotatable bonds is 4. The minimum Gasteiger partial charge on any atom is -0.352 e. The first kappa shape index (κ1) is 19.5. The van der Waals surface area contributed by atoms with Crippen molar-refractivity contribution in [3.63, 3.8) is 0 Å². The third-order valence-corrected chi connectivity index (χ3v) is 5.78. The molecule has 1 N–H and O–H groups in total. The van der Waals surface area contributed by atoms with Crippen molar-refractivity contribution in [2.45, 2.75) is 25.8 Å². The van der Waals surface area contributed by atoms with Gasteiger partial charge in [-0.3, -0.25) is 9.59 Å². The molecule has 1 fully saturated rings. The van der Waals surface area contributed by atoms with E-state index in [1.165, 1.54) is 0 Å². The highest BCUT2D eigenvalue weighted by Crippen LogP contribution is 2.34. The van der Waals surface area contributed by atoms with Crippen molar-refractivity contribution in [2.75, 3.05) is 13.6 Å². The summed E-state index contributed by atoms with van der Waals surface area (Å²) in [7, 11) is 1.78. The summed E-state index contributed by atoms with van der Waals surface area (Å²) in [6, 6.07) is 17.9. The lowest BCUT2D eigenvalue weighted by atomic mass is 9.96. The zero-order chi connectivity index (χ0) is 20.5. The number of carbonyl (C=O) groups is 2. The molecular formula is C24H23ClN2O2. The Labute approximate surface area is 175 Å². The number of fused-ring (bicyclic) bond motifs is 1. The van der Waals surface area contributed by atoms with Crippen molar-refractivity contribution in [1.82, 2.24) is 10.2 Å². The van der Waals surface area contributed by atoms with Gasteiger partial charge in [0.25, 0.3) is 5.91 Å². The van der Waals surface area contributed by atoms with Crippen molar-refractivity contribution in [2.24, 2.45) is 0 Å². The highest BCUT2D eigenvalue weighted by atomic mass is 35.5. The van der Waals surface area contributed by atoms with E-state index in [-0.39, 0.29) is 17.9 Å². The number of nitrogens with one attached hydrogen (secondary N) is 1. The van der Waals surface area contributed by atoms with Crippen LogP contribution in [0.1, 0.15) is 28.8 Å². The third-order valence-electron chi connectivity index (χ3n) is 5.47. The number of hydrogen-bond donors (Lipinski definition) is 1. The molecule has 1 heterocycles. The molecule has 4 rings (SSSR count). The molecule has 1 unspecified atom stereocenters. The summed E-state index contributed by atoms with van der Waals surface area (Å²) in [4.78, 5) is 26.0. The van der Waals surface area contributed by atoms with Crippen molar-refractivity contribution in [1.29, 1.82) is 0 Å². The van der Waals surface area contributed by atoms with E-state index in [9.17, 15) is 9.59 Å². The average molecular weight is 407 g/mol. The van der Waals surface area contributed by atoms with Gasteiger partial charge >= 0.3 is 0 Å². The first-order valence-corrected chi connectivity index (χ1v) is 10.1. The Bertz CT molecular complexity index is 1110. The van der Waals surface area contributed by atoms with Crippen LogP contribution in [0.25, 0.3) is 21.9 Å². The van der Waals surface area contributed by atoms with Crippen LogP contribution in [0.4, 0.5) is 0 Å². The van der Waals surface area contributed by atoms with Crippen LogP contribution in [0.2, 0.25) is 5.02 Å². The molecule has 3 aromatic rings. The standard InChI is InChI=1S/C24H23ClN2O2/c1-15-6-9-21(22(25)12-15)20-5-3-4-16-13-17(7-10-19(16)20)24(29)27(2)14-18-8-11-23(28)26-18/h3-7,9-10,12-13,18H,8,11,14H2,1-2H3,(H,26,28). The Morgan fingerprint density at radius 2 is 1.97 bits per heavy atom. The van der Waals surface area contributed by atoms with E-state index >= 15 is 0 Å². The molecule has 4 nitrogen and oxygen atoms in total. The van der Waals surface area contributed by atoms with Gasteiger partial charge in [-0.1, -0.05) is 48.0 Å². The van der Waals surface area contributed by atoms with Crippen LogP contribution in [-0.2, 0) is 4.79 Å². The fraction of sp³-hybridized carbons (Fsp3) is 0.250. The highest BCUT2D eigenvalue weighted by molar-refractivity contribution is 6.33. The summed E-state index contributed by atoms with van der Waals surface area (Å²) in [6.07, 6.45) is 1.31. The molecule has 5 heteroatoms. The van der Waals surface area contributed by atoms with Crippen molar-refractivity contribution in [3.05, 3.63) is 70.7 Å². The van der Waals surface area contributed by atoms with E-state index < -0.39 is 0 Å². The predicted octanol–water partition coefficient (Wildman–Crippen LogP) is 4.82. The van der Waals surface area contributed by atoms with Gasteiger partial charge in [0.05, 0.1) is 0 Å². The van der Waals surface area contributed by atoms with Crippen LogP contribution >= 0.6 is 11.6 Å². The fourth-order valence-corrected chi connectivity index (χ4v) is 4.28. The van der Waals surface area contributed by atoms with Gasteiger partial charge in [0.2, 0.25) is 5.91 Å². The smallest absolute Gasteiger partial charge is 0.253 e. The van der Waals surface area contributed by atoms with E-state index in [0.29, 0.717) is 18.5 Å². The minimum absolute atomic E-state index is 0.0344. The zero-order valence-electron chi connectivity index (χ0n) is 16.5. The molecule has 3 aromatic carbocycles. The van der Waals surface area contributed by atoms with Crippen LogP contribution in [-0.4, -0.2) is 36.3 Å². The summed E-state index contributed by atoms with van der Waals surface area (Å²) in [5, 5.41) is 5.68. The summed E-state index contributed by atoms with van der Waals surface area (Å²) < 4.78 is 0. The number of aryl methyl sites for hydroxylation is 1. The largest absolute Gasteiger partial charge is 0.352 e. The lowest BCUT2D eigenvalue weighted by molar-refractivity contribution is -0.119. The molecule has 1 atom stereocenters. The van der Waals surface area contributed by atoms with Gasteiger partial charge < -0.3 is 10.2 Å². The normalized spacial score (nSPS) is 16.1. The van der Waals surface area contributed by atoms with E-state index in [1.54, 1.807) is 11.9 Å². The first-order chi connectivity index (χ1) is 13.9. The molecule has 2 amide bonds. The summed E-state index contributed by atoms with van der Waals surface area (Å²) >= 11 is 6.49. The molecule has 29 heavy (non-hydrogen) atoms. The Balaban J connectivity index is 1.63. The maximum absolute atomic E-state index is 12.9. The van der Waals surface area contributed by atoms with Crippen molar-refractivity contribution >= 4 is 34.2 Å². The van der Waals surface area contributed by atoms with Crippen molar-refractivity contribution in [3.8, 4) is 11.1 Å². The van der Waals surface area contributed by atoms with Gasteiger partial charge in [0.15, 0.2) is 0 Å². The fourth-order valence-electron chi connectivity index (χ4n) is 3.94. The maximum Gasteiger partial charge on any atom is 0.253 e. The second kappa shape index (κ2) is 7.88. The Morgan fingerprint density at radius 3 is 2.69 bits per heavy atom. The van der Waals surface area contributed by atoms with E-state index in [1.807, 2.05) is 49.4 Å². The minimum atomic E-state index is -0.0492. The van der Waals surface area contributed by atoms with Gasteiger partial charge in [-0.2, -0.15) is 0 Å². The average Bonchev–Trinajstić information content (AvgIpc) is 3.11. The van der Waals surface area contributed by atoms with Crippen LogP contribution in [0.3, 0.4) is 0 Å². The molecule has 0 saturated carbocycles. The molecule has 0 radical (unpaired) electrons. The molecule has 1 aliphatic rings. The van der Waals surface area contributed by atoms with E-state index in [0.717, 1.165) is 38.9 Å². The van der Waals surface area contributed by atoms with Crippen LogP contribution in [0, 0.1) is 6.92 Å². The zero-order valence-corrected chi connectivity index (χ0v) is 17.3. The molecule has 148 valence electrons. The SMILES string of the molecule is Cc1ccc(-c2cccc3cc(C(=O)N(C)CC4CCC(=O)N4)ccc23)c(Cl)c1. The molecule has 1 aliphatic heterocycles. The Kier molecular flexibility index (Phi) is 5.29. The predicted molar refractivity (Wildman–Crippen MR) is 117 cm³/mol. The third kappa shape index (κ3) is 3.99. The Morgan fingerprint density at radius 1 is 1.14 bits per heavy atom. The molecule has 0 bridgehead atoms. The first-order valence-electron chi connectivity index (χ1n) is 9.76. The number of carbonyl (C=O) groups excluding carboxylic acids is 2. The second-order valence-corrected chi connectivity index (χ2v) is 8.12. The number of amides is 2. The number of halogens is 1. The lowest BCUT2D eigenvalue weighted by Crippen LogP contribution is -2.39. The number of nitrogens with zero attached hydrogens (tertiary/aromatic N) is 1. The van der Waals surface area contributed by atoms with Gasteiger partial charge in [-0.15, -0.1) is 0 Å². The van der Waals surface area contributed by atoms with Gasteiger partial charge in [0.1, 0.15) is 0 Å². The highest BCUT2D eigenvalue weighted by Gasteiger charge is 2.24. The monoisotopic (exact) mass is 406 g/mol. The van der Waals surface area contributed by atoms with Gasteiger partial charge in [-0.25, -0.2) is 0 Å². The molecule has 0 spiro atoms. The number of likely N-dealkylation sites (N-methyl/N-ethyl adjacent to an activating group) is 1. The number of hydrogen-bond acceptors (Lipinski definition) is 2. The second-order valence-electron chi connectivity index (χ2n) is 7.71. The molecule has 1 saturated heterocycles. The summed E-state index contributed by atoms with van der Waals surface area (Å²) in [5.41, 5.74) is 3.79. The molecule has 0 aliphatic carbocycles. The van der Waals surface area contributed by atoms with Crippen molar-refractivity contribution < 1.29 is 9.59 Å². The van der Waals surface area contributed by atoms with E-state index in [2.05, 4.69) is 17.4 Å². The summed E-state index contributed by atoms with van der Waals surface area (Å²) in [5.74, 6) is 0.00988. The summed E-state index contributed by atoms with van der Waals surface area (Å²) in [6.45, 7) is 2.53. The van der Waals surface area contributed by atoms with E-state index in [4.69, 9.17) is 11.6 Å². The molecular weight excluding hydrogens is 384 g/mol. The van der Waals surface area contributed by atoms with Crippen LogP contribution in [0.5, 0.6) is 0 Å².